The molecule has 0 saturated heterocycles. The summed E-state index contributed by atoms with van der Waals surface area (Å²) in [5.41, 5.74) is 3.55. The topological polar surface area (TPSA) is 92.8 Å². The van der Waals surface area contributed by atoms with Gasteiger partial charge in [0.05, 0.1) is 17.1 Å². The van der Waals surface area contributed by atoms with Gasteiger partial charge in [-0.05, 0) is 66.9 Å². The van der Waals surface area contributed by atoms with Crippen molar-refractivity contribution in [1.29, 1.82) is 0 Å². The number of rotatable bonds is 9. The first-order valence-electron chi connectivity index (χ1n) is 10.9. The second-order valence-corrected chi connectivity index (χ2v) is 9.76. The zero-order valence-corrected chi connectivity index (χ0v) is 20.3. The Hall–Kier alpha value is -3.49. The molecule has 0 unspecified atom stereocenters. The van der Waals surface area contributed by atoms with Crippen molar-refractivity contribution >= 4 is 27.6 Å². The van der Waals surface area contributed by atoms with E-state index in [0.717, 1.165) is 16.7 Å². The minimum absolute atomic E-state index is 0.118. The maximum atomic E-state index is 13.6. The van der Waals surface area contributed by atoms with E-state index < -0.39 is 16.0 Å². The lowest BCUT2D eigenvalue weighted by Crippen LogP contribution is -2.30. The Morgan fingerprint density at radius 3 is 2.15 bits per heavy atom. The molecule has 8 heteroatoms. The molecule has 0 saturated carbocycles. The molecule has 0 aliphatic rings. The number of hydrogen-bond donors (Lipinski definition) is 1. The van der Waals surface area contributed by atoms with E-state index in [0.29, 0.717) is 11.3 Å². The summed E-state index contributed by atoms with van der Waals surface area (Å²) in [5.74, 6) is -0.652. The number of esters is 1. The van der Waals surface area contributed by atoms with Crippen molar-refractivity contribution in [2.75, 3.05) is 11.9 Å². The van der Waals surface area contributed by atoms with E-state index in [1.165, 1.54) is 23.4 Å². The molecule has 178 valence electrons. The number of benzene rings is 3. The van der Waals surface area contributed by atoms with Crippen molar-refractivity contribution in [2.24, 2.45) is 0 Å². The standard InChI is InChI=1S/C26H28N2O5S/c1-4-33-26(30)22-11-9-21(10-12-22)17-28(18-23-8-6-5-7-19(23)2)34(31,32)25-15-13-24(14-16-25)27-20(3)29/h5-16H,4,17-18H2,1-3H3,(H,27,29). The van der Waals surface area contributed by atoms with Crippen LogP contribution in [0.4, 0.5) is 5.69 Å². The second kappa shape index (κ2) is 11.1. The quantitative estimate of drug-likeness (QED) is 0.455. The normalized spacial score (nSPS) is 11.3. The van der Waals surface area contributed by atoms with Crippen molar-refractivity contribution in [3.63, 3.8) is 0 Å². The number of carbonyl (C=O) groups excluding carboxylic acids is 2. The van der Waals surface area contributed by atoms with E-state index in [1.54, 1.807) is 43.3 Å². The number of nitrogens with zero attached hydrogens (tertiary/aromatic N) is 1. The van der Waals surface area contributed by atoms with Gasteiger partial charge >= 0.3 is 5.97 Å². The number of ether oxygens (including phenoxy) is 1. The van der Waals surface area contributed by atoms with Crippen LogP contribution in [0.15, 0.2) is 77.7 Å². The van der Waals surface area contributed by atoms with E-state index in [4.69, 9.17) is 4.74 Å². The minimum atomic E-state index is -3.87. The van der Waals surface area contributed by atoms with E-state index >= 15 is 0 Å². The van der Waals surface area contributed by atoms with E-state index in [1.807, 2.05) is 31.2 Å². The lowest BCUT2D eigenvalue weighted by Gasteiger charge is -2.23. The van der Waals surface area contributed by atoms with Crippen LogP contribution < -0.4 is 5.32 Å². The van der Waals surface area contributed by atoms with Crippen LogP contribution in [0.5, 0.6) is 0 Å². The van der Waals surface area contributed by atoms with Crippen LogP contribution in [0, 0.1) is 6.92 Å². The fourth-order valence-corrected chi connectivity index (χ4v) is 4.84. The van der Waals surface area contributed by atoms with Gasteiger partial charge in [0.1, 0.15) is 0 Å². The maximum Gasteiger partial charge on any atom is 0.338 e. The van der Waals surface area contributed by atoms with Crippen molar-refractivity contribution < 1.29 is 22.7 Å². The molecule has 7 nitrogen and oxygen atoms in total. The highest BCUT2D eigenvalue weighted by atomic mass is 32.2. The Morgan fingerprint density at radius 2 is 1.56 bits per heavy atom. The van der Waals surface area contributed by atoms with Crippen molar-refractivity contribution in [2.45, 2.75) is 38.8 Å². The van der Waals surface area contributed by atoms with Crippen molar-refractivity contribution in [3.05, 3.63) is 95.1 Å². The number of carbonyl (C=O) groups is 2. The van der Waals surface area contributed by atoms with Crippen LogP contribution >= 0.6 is 0 Å². The Kier molecular flexibility index (Phi) is 8.20. The number of sulfonamides is 1. The third kappa shape index (κ3) is 6.30. The first kappa shape index (κ1) is 25.1. The van der Waals surface area contributed by atoms with Crippen molar-refractivity contribution in [3.8, 4) is 0 Å². The van der Waals surface area contributed by atoms with Gasteiger partial charge in [0.15, 0.2) is 0 Å². The van der Waals surface area contributed by atoms with Crippen molar-refractivity contribution in [1.82, 2.24) is 4.31 Å². The summed E-state index contributed by atoms with van der Waals surface area (Å²) in [7, 11) is -3.87. The first-order valence-corrected chi connectivity index (χ1v) is 12.3. The summed E-state index contributed by atoms with van der Waals surface area (Å²) >= 11 is 0. The molecule has 0 radical (unpaired) electrons. The molecule has 0 spiro atoms. The average Bonchev–Trinajstić information content (AvgIpc) is 2.80. The number of hydrogen-bond acceptors (Lipinski definition) is 5. The zero-order valence-electron chi connectivity index (χ0n) is 19.4. The predicted molar refractivity (Wildman–Crippen MR) is 131 cm³/mol. The Balaban J connectivity index is 1.92. The fraction of sp³-hybridized carbons (Fsp3) is 0.231. The predicted octanol–water partition coefficient (Wildman–Crippen LogP) is 4.52. The number of nitrogens with one attached hydrogen (secondary N) is 1. The maximum absolute atomic E-state index is 13.6. The van der Waals surface area contributed by atoms with Crippen LogP contribution in [0.1, 0.15) is 40.9 Å². The monoisotopic (exact) mass is 480 g/mol. The number of anilines is 1. The molecule has 34 heavy (non-hydrogen) atoms. The smallest absolute Gasteiger partial charge is 0.338 e. The third-order valence-corrected chi connectivity index (χ3v) is 7.05. The van der Waals surface area contributed by atoms with E-state index in [-0.39, 0.29) is 30.5 Å². The molecule has 0 aliphatic carbocycles. The van der Waals surface area contributed by atoms with Crippen LogP contribution in [-0.4, -0.2) is 31.2 Å². The summed E-state index contributed by atoms with van der Waals surface area (Å²) in [4.78, 5) is 23.3. The van der Waals surface area contributed by atoms with Gasteiger partial charge in [-0.15, -0.1) is 0 Å². The second-order valence-electron chi connectivity index (χ2n) is 7.82. The Morgan fingerprint density at radius 1 is 0.912 bits per heavy atom. The minimum Gasteiger partial charge on any atom is -0.462 e. The molecule has 3 aromatic rings. The highest BCUT2D eigenvalue weighted by Crippen LogP contribution is 2.24. The first-order chi connectivity index (χ1) is 16.2. The van der Waals surface area contributed by atoms with Gasteiger partial charge in [0, 0.05) is 25.7 Å². The molecule has 1 amide bonds. The molecule has 3 rings (SSSR count). The Bertz CT molecular complexity index is 1250. The highest BCUT2D eigenvalue weighted by molar-refractivity contribution is 7.89. The summed E-state index contributed by atoms with van der Waals surface area (Å²) in [6.07, 6.45) is 0. The largest absolute Gasteiger partial charge is 0.462 e. The SMILES string of the molecule is CCOC(=O)c1ccc(CN(Cc2ccccc2C)S(=O)(=O)c2ccc(NC(C)=O)cc2)cc1. The van der Waals surface area contributed by atoms with Crippen LogP contribution in [0.25, 0.3) is 0 Å². The van der Waals surface area contributed by atoms with Gasteiger partial charge in [0.25, 0.3) is 0 Å². The number of aryl methyl sites for hydroxylation is 1. The highest BCUT2D eigenvalue weighted by Gasteiger charge is 2.25. The van der Waals surface area contributed by atoms with Crippen LogP contribution in [0.2, 0.25) is 0 Å². The summed E-state index contributed by atoms with van der Waals surface area (Å²) < 4.78 is 33.6. The van der Waals surface area contributed by atoms with Gasteiger partial charge in [-0.25, -0.2) is 13.2 Å². The van der Waals surface area contributed by atoms with Crippen LogP contribution in [0.3, 0.4) is 0 Å². The summed E-state index contributed by atoms with van der Waals surface area (Å²) in [6.45, 7) is 5.65. The molecular formula is C26H28N2O5S. The molecule has 0 atom stereocenters. The van der Waals surface area contributed by atoms with Gasteiger partial charge in [-0.1, -0.05) is 36.4 Å². The number of amides is 1. The molecule has 0 aliphatic heterocycles. The van der Waals surface area contributed by atoms with Gasteiger partial charge in [-0.2, -0.15) is 4.31 Å². The Labute approximate surface area is 200 Å². The lowest BCUT2D eigenvalue weighted by molar-refractivity contribution is -0.114. The zero-order chi connectivity index (χ0) is 24.7. The molecule has 0 fully saturated rings. The van der Waals surface area contributed by atoms with E-state index in [9.17, 15) is 18.0 Å². The third-order valence-electron chi connectivity index (χ3n) is 5.24. The molecule has 0 heterocycles. The summed E-state index contributed by atoms with van der Waals surface area (Å²) in [5, 5.41) is 2.64. The molecular weight excluding hydrogens is 452 g/mol. The van der Waals surface area contributed by atoms with Gasteiger partial charge < -0.3 is 10.1 Å². The van der Waals surface area contributed by atoms with Gasteiger partial charge in [0.2, 0.25) is 15.9 Å². The van der Waals surface area contributed by atoms with E-state index in [2.05, 4.69) is 5.32 Å². The molecule has 3 aromatic carbocycles. The summed E-state index contributed by atoms with van der Waals surface area (Å²) in [6, 6.07) is 20.4. The molecule has 0 bridgehead atoms. The molecule has 0 aromatic heterocycles. The van der Waals surface area contributed by atoms with Crippen LogP contribution in [-0.2, 0) is 32.6 Å². The lowest BCUT2D eigenvalue weighted by atomic mass is 10.1. The molecule has 1 N–H and O–H groups in total. The fourth-order valence-electron chi connectivity index (χ4n) is 3.43. The van der Waals surface area contributed by atoms with Gasteiger partial charge in [-0.3, -0.25) is 4.79 Å². The average molecular weight is 481 g/mol.